The van der Waals surface area contributed by atoms with Gasteiger partial charge < -0.3 is 4.74 Å². The lowest BCUT2D eigenvalue weighted by atomic mass is 10.1. The molecule has 2 aromatic carbocycles. The molecule has 1 aromatic heterocycles. The maximum absolute atomic E-state index is 12.5. The molecule has 3 rings (SSSR count). The van der Waals surface area contributed by atoms with Crippen LogP contribution in [0, 0.1) is 20.8 Å². The number of nitrogens with zero attached hydrogens (tertiary/aromatic N) is 4. The average molecular weight is 382 g/mol. The van der Waals surface area contributed by atoms with Crippen LogP contribution in [0.4, 0.5) is 0 Å². The maximum Gasteiger partial charge on any atom is 0.214 e. The monoisotopic (exact) mass is 382 g/mol. The number of carbonyl (C=O) groups excluding carboxylic acids is 1. The quantitative estimate of drug-likeness (QED) is 0.455. The molecule has 1 heterocycles. The Hall–Kier alpha value is -2.67. The molecule has 0 bridgehead atoms. The lowest BCUT2D eigenvalue weighted by Gasteiger charge is -2.12. The molecule has 0 aliphatic carbocycles. The van der Waals surface area contributed by atoms with Crippen LogP contribution in [-0.2, 0) is 0 Å². The normalized spacial score (nSPS) is 10.8. The van der Waals surface area contributed by atoms with Crippen molar-refractivity contribution in [3.05, 3.63) is 58.7 Å². The van der Waals surface area contributed by atoms with Crippen LogP contribution >= 0.6 is 11.8 Å². The van der Waals surface area contributed by atoms with Gasteiger partial charge in [0.15, 0.2) is 5.78 Å². The molecule has 7 heteroatoms. The van der Waals surface area contributed by atoms with Crippen molar-refractivity contribution in [2.24, 2.45) is 0 Å². The van der Waals surface area contributed by atoms with Crippen molar-refractivity contribution in [1.29, 1.82) is 0 Å². The van der Waals surface area contributed by atoms with Gasteiger partial charge in [0.1, 0.15) is 5.75 Å². The molecule has 0 radical (unpaired) electrons. The van der Waals surface area contributed by atoms with Gasteiger partial charge in [-0.25, -0.2) is 0 Å². The second-order valence-corrected chi connectivity index (χ2v) is 7.23. The van der Waals surface area contributed by atoms with Crippen molar-refractivity contribution in [2.45, 2.75) is 32.9 Å². The summed E-state index contributed by atoms with van der Waals surface area (Å²) in [6.07, 6.45) is 0. The van der Waals surface area contributed by atoms with Crippen molar-refractivity contribution >= 4 is 17.5 Å². The topological polar surface area (TPSA) is 69.9 Å². The summed E-state index contributed by atoms with van der Waals surface area (Å²) in [7, 11) is 0. The van der Waals surface area contributed by atoms with Gasteiger partial charge in [-0.05, 0) is 73.5 Å². The third-order valence-electron chi connectivity index (χ3n) is 4.11. The predicted octanol–water partition coefficient (Wildman–Crippen LogP) is 3.96. The highest BCUT2D eigenvalue weighted by Crippen LogP contribution is 2.25. The summed E-state index contributed by atoms with van der Waals surface area (Å²) >= 11 is 1.33. The van der Waals surface area contributed by atoms with Gasteiger partial charge in [0, 0.05) is 5.56 Å². The molecular weight excluding hydrogens is 360 g/mol. The van der Waals surface area contributed by atoms with E-state index in [2.05, 4.69) is 34.6 Å². The maximum atomic E-state index is 12.5. The van der Waals surface area contributed by atoms with Gasteiger partial charge in [0.2, 0.25) is 5.16 Å². The Balaban J connectivity index is 1.75. The Labute approximate surface area is 162 Å². The van der Waals surface area contributed by atoms with E-state index in [9.17, 15) is 4.79 Å². The van der Waals surface area contributed by atoms with E-state index in [-0.39, 0.29) is 11.5 Å². The molecule has 3 aromatic rings. The predicted molar refractivity (Wildman–Crippen MR) is 106 cm³/mol. The van der Waals surface area contributed by atoms with Crippen molar-refractivity contribution in [3.63, 3.8) is 0 Å². The van der Waals surface area contributed by atoms with E-state index in [1.54, 1.807) is 16.8 Å². The number of thioether (sulfide) groups is 1. The van der Waals surface area contributed by atoms with E-state index in [0.29, 0.717) is 17.3 Å². The summed E-state index contributed by atoms with van der Waals surface area (Å²) in [6.45, 7) is 8.67. The molecule has 0 amide bonds. The molecule has 0 unspecified atom stereocenters. The van der Waals surface area contributed by atoms with Crippen LogP contribution in [0.25, 0.3) is 5.69 Å². The van der Waals surface area contributed by atoms with E-state index in [4.69, 9.17) is 4.74 Å². The highest BCUT2D eigenvalue weighted by molar-refractivity contribution is 7.99. The van der Waals surface area contributed by atoms with E-state index in [1.165, 1.54) is 17.3 Å². The van der Waals surface area contributed by atoms with Crippen LogP contribution in [0.5, 0.6) is 5.75 Å². The molecule has 0 saturated heterocycles. The largest absolute Gasteiger partial charge is 0.494 e. The SMILES string of the molecule is CCOc1ccc(C(=O)CSc2nnnn2-c2c(C)cc(C)cc2C)cc1. The molecule has 27 heavy (non-hydrogen) atoms. The highest BCUT2D eigenvalue weighted by atomic mass is 32.2. The van der Waals surface area contributed by atoms with E-state index in [0.717, 1.165) is 22.6 Å². The Morgan fingerprint density at radius 3 is 2.41 bits per heavy atom. The minimum atomic E-state index is 0.0231. The summed E-state index contributed by atoms with van der Waals surface area (Å²) in [6, 6.07) is 11.4. The molecule has 0 aliphatic rings. The molecule has 0 spiro atoms. The lowest BCUT2D eigenvalue weighted by Crippen LogP contribution is -2.07. The van der Waals surface area contributed by atoms with Crippen molar-refractivity contribution < 1.29 is 9.53 Å². The molecule has 0 saturated carbocycles. The Bertz CT molecular complexity index is 928. The smallest absolute Gasteiger partial charge is 0.214 e. The minimum Gasteiger partial charge on any atom is -0.494 e. The highest BCUT2D eigenvalue weighted by Gasteiger charge is 2.16. The Kier molecular flexibility index (Phi) is 5.91. The number of benzene rings is 2. The summed E-state index contributed by atoms with van der Waals surface area (Å²) in [4.78, 5) is 12.5. The third kappa shape index (κ3) is 4.36. The van der Waals surface area contributed by atoms with Gasteiger partial charge in [0.05, 0.1) is 18.0 Å². The number of hydrogen-bond donors (Lipinski definition) is 0. The average Bonchev–Trinajstić information content (AvgIpc) is 3.08. The number of ether oxygens (including phenoxy) is 1. The van der Waals surface area contributed by atoms with Crippen LogP contribution in [0.1, 0.15) is 34.0 Å². The molecular formula is C20H22N4O2S. The lowest BCUT2D eigenvalue weighted by molar-refractivity contribution is 0.102. The summed E-state index contributed by atoms with van der Waals surface area (Å²) < 4.78 is 7.12. The van der Waals surface area contributed by atoms with Gasteiger partial charge in [-0.2, -0.15) is 4.68 Å². The zero-order valence-corrected chi connectivity index (χ0v) is 16.7. The standard InChI is InChI=1S/C20H22N4O2S/c1-5-26-17-8-6-16(7-9-17)18(25)12-27-20-21-22-23-24(20)19-14(3)10-13(2)11-15(19)4/h6-11H,5,12H2,1-4H3. The van der Waals surface area contributed by atoms with Crippen LogP contribution in [-0.4, -0.2) is 38.4 Å². The van der Waals surface area contributed by atoms with Gasteiger partial charge in [-0.15, -0.1) is 5.10 Å². The second kappa shape index (κ2) is 8.35. The van der Waals surface area contributed by atoms with Crippen molar-refractivity contribution in [2.75, 3.05) is 12.4 Å². The minimum absolute atomic E-state index is 0.0231. The fraction of sp³-hybridized carbons (Fsp3) is 0.300. The number of aromatic nitrogens is 4. The summed E-state index contributed by atoms with van der Waals surface area (Å²) in [5.41, 5.74) is 5.00. The fourth-order valence-electron chi connectivity index (χ4n) is 3.03. The number of Topliss-reactive ketones (excluding diaryl/α,β-unsaturated/α-hetero) is 1. The zero-order valence-electron chi connectivity index (χ0n) is 15.9. The number of aryl methyl sites for hydroxylation is 3. The van der Waals surface area contributed by atoms with Gasteiger partial charge in [-0.1, -0.05) is 29.5 Å². The van der Waals surface area contributed by atoms with Crippen LogP contribution in [0.2, 0.25) is 0 Å². The van der Waals surface area contributed by atoms with E-state index < -0.39 is 0 Å². The Morgan fingerprint density at radius 1 is 1.11 bits per heavy atom. The number of carbonyl (C=O) groups is 1. The molecule has 0 fully saturated rings. The fourth-order valence-corrected chi connectivity index (χ4v) is 3.80. The first-order chi connectivity index (χ1) is 13.0. The zero-order chi connectivity index (χ0) is 19.4. The second-order valence-electron chi connectivity index (χ2n) is 6.29. The molecule has 0 N–H and O–H groups in total. The first kappa shape index (κ1) is 19.1. The van der Waals surface area contributed by atoms with Crippen molar-refractivity contribution in [3.8, 4) is 11.4 Å². The van der Waals surface area contributed by atoms with Gasteiger partial charge in [-0.3, -0.25) is 4.79 Å². The van der Waals surface area contributed by atoms with E-state index in [1.807, 2.05) is 32.9 Å². The summed E-state index contributed by atoms with van der Waals surface area (Å²) in [5, 5.41) is 12.6. The molecule has 0 aliphatic heterocycles. The Morgan fingerprint density at radius 2 is 1.78 bits per heavy atom. The van der Waals surface area contributed by atoms with E-state index >= 15 is 0 Å². The number of hydrogen-bond acceptors (Lipinski definition) is 6. The number of rotatable bonds is 7. The number of ketones is 1. The summed E-state index contributed by atoms with van der Waals surface area (Å²) in [5.74, 6) is 1.05. The van der Waals surface area contributed by atoms with Crippen LogP contribution in [0.3, 0.4) is 0 Å². The molecule has 0 atom stereocenters. The molecule has 6 nitrogen and oxygen atoms in total. The number of tetrazole rings is 1. The first-order valence-corrected chi connectivity index (χ1v) is 9.73. The third-order valence-corrected chi connectivity index (χ3v) is 5.03. The van der Waals surface area contributed by atoms with Crippen LogP contribution < -0.4 is 4.74 Å². The van der Waals surface area contributed by atoms with Crippen molar-refractivity contribution in [1.82, 2.24) is 20.2 Å². The van der Waals surface area contributed by atoms with Gasteiger partial charge >= 0.3 is 0 Å². The first-order valence-electron chi connectivity index (χ1n) is 8.75. The van der Waals surface area contributed by atoms with Gasteiger partial charge in [0.25, 0.3) is 0 Å². The molecule has 140 valence electrons. The van der Waals surface area contributed by atoms with Crippen LogP contribution in [0.15, 0.2) is 41.6 Å².